The Morgan fingerprint density at radius 2 is 2.38 bits per heavy atom. The molecule has 4 heteroatoms. The third-order valence-electron chi connectivity index (χ3n) is 2.87. The molecule has 0 radical (unpaired) electrons. The van der Waals surface area contributed by atoms with Crippen molar-refractivity contribution in [2.24, 2.45) is 0 Å². The van der Waals surface area contributed by atoms with Crippen LogP contribution in [-0.4, -0.2) is 24.5 Å². The molecule has 0 aromatic heterocycles. The molecule has 0 bridgehead atoms. The molecular weight excluding hydrogens is 207 g/mol. The van der Waals surface area contributed by atoms with Gasteiger partial charge in [-0.3, -0.25) is 4.79 Å². The lowest BCUT2D eigenvalue weighted by Gasteiger charge is -2.24. The van der Waals surface area contributed by atoms with E-state index >= 15 is 0 Å². The Bertz CT molecular complexity index is 400. The molecule has 0 saturated carbocycles. The Balaban J connectivity index is 2.08. The molecule has 1 atom stereocenters. The van der Waals surface area contributed by atoms with Crippen molar-refractivity contribution in [3.63, 3.8) is 0 Å². The second-order valence-corrected chi connectivity index (χ2v) is 4.45. The molecule has 0 aliphatic carbocycles. The predicted molar refractivity (Wildman–Crippen MR) is 59.8 cm³/mol. The first-order chi connectivity index (χ1) is 7.59. The Hall–Kier alpha value is -1.42. The molecule has 1 heterocycles. The number of amides is 1. The monoisotopic (exact) mass is 222 g/mol. The standard InChI is InChI=1S/C12H15FN2O/c1-12(5-6-14-8-12)15-11(16)9-3-2-4-10(13)7-9/h2-4,7,14H,5-6,8H2,1H3,(H,15,16). The van der Waals surface area contributed by atoms with Gasteiger partial charge in [0.1, 0.15) is 5.82 Å². The molecule has 1 amide bonds. The lowest BCUT2D eigenvalue weighted by molar-refractivity contribution is 0.0912. The molecule has 1 aliphatic rings. The van der Waals surface area contributed by atoms with Gasteiger partial charge in [0.2, 0.25) is 0 Å². The minimum absolute atomic E-state index is 0.217. The van der Waals surface area contributed by atoms with Gasteiger partial charge in [-0.2, -0.15) is 0 Å². The molecule has 1 saturated heterocycles. The van der Waals surface area contributed by atoms with E-state index in [-0.39, 0.29) is 17.3 Å². The van der Waals surface area contributed by atoms with E-state index in [2.05, 4.69) is 10.6 Å². The van der Waals surface area contributed by atoms with Crippen molar-refractivity contribution in [3.8, 4) is 0 Å². The molecule has 1 aromatic rings. The number of carbonyl (C=O) groups excluding carboxylic acids is 1. The minimum atomic E-state index is -0.387. The second kappa shape index (κ2) is 4.22. The number of hydrogen-bond donors (Lipinski definition) is 2. The highest BCUT2D eigenvalue weighted by Gasteiger charge is 2.30. The first-order valence-corrected chi connectivity index (χ1v) is 5.38. The van der Waals surface area contributed by atoms with Gasteiger partial charge in [-0.15, -0.1) is 0 Å². The van der Waals surface area contributed by atoms with E-state index in [0.717, 1.165) is 19.5 Å². The summed E-state index contributed by atoms with van der Waals surface area (Å²) in [5.74, 6) is -0.604. The Morgan fingerprint density at radius 1 is 1.56 bits per heavy atom. The van der Waals surface area contributed by atoms with Crippen LogP contribution in [0.25, 0.3) is 0 Å². The Kier molecular flexibility index (Phi) is 2.92. The Morgan fingerprint density at radius 3 is 3.00 bits per heavy atom. The molecule has 2 N–H and O–H groups in total. The normalized spacial score (nSPS) is 24.4. The van der Waals surface area contributed by atoms with Crippen LogP contribution in [0.2, 0.25) is 0 Å². The number of rotatable bonds is 2. The van der Waals surface area contributed by atoms with E-state index in [9.17, 15) is 9.18 Å². The lowest BCUT2D eigenvalue weighted by Crippen LogP contribution is -2.47. The number of nitrogens with one attached hydrogen (secondary N) is 2. The van der Waals surface area contributed by atoms with Crippen LogP contribution >= 0.6 is 0 Å². The van der Waals surface area contributed by atoms with Gasteiger partial charge in [0.05, 0.1) is 5.54 Å². The van der Waals surface area contributed by atoms with E-state index in [4.69, 9.17) is 0 Å². The summed E-state index contributed by atoms with van der Waals surface area (Å²) in [6, 6.07) is 5.74. The fraction of sp³-hybridized carbons (Fsp3) is 0.417. The van der Waals surface area contributed by atoms with Crippen molar-refractivity contribution in [1.29, 1.82) is 0 Å². The van der Waals surface area contributed by atoms with Crippen molar-refractivity contribution in [3.05, 3.63) is 35.6 Å². The highest BCUT2D eigenvalue weighted by atomic mass is 19.1. The van der Waals surface area contributed by atoms with Crippen molar-refractivity contribution in [2.75, 3.05) is 13.1 Å². The molecule has 16 heavy (non-hydrogen) atoms. The molecular formula is C12H15FN2O. The summed E-state index contributed by atoms with van der Waals surface area (Å²) >= 11 is 0. The first kappa shape index (κ1) is 11.1. The van der Waals surface area contributed by atoms with Crippen LogP contribution in [0.15, 0.2) is 24.3 Å². The SMILES string of the molecule is CC1(NC(=O)c2cccc(F)c2)CCNC1. The molecule has 2 rings (SSSR count). The second-order valence-electron chi connectivity index (χ2n) is 4.45. The van der Waals surface area contributed by atoms with E-state index < -0.39 is 0 Å². The largest absolute Gasteiger partial charge is 0.346 e. The summed E-state index contributed by atoms with van der Waals surface area (Å²) < 4.78 is 12.9. The quantitative estimate of drug-likeness (QED) is 0.792. The zero-order valence-electron chi connectivity index (χ0n) is 9.22. The van der Waals surface area contributed by atoms with Crippen LogP contribution in [-0.2, 0) is 0 Å². The number of benzene rings is 1. The molecule has 3 nitrogen and oxygen atoms in total. The van der Waals surface area contributed by atoms with Crippen LogP contribution in [0.4, 0.5) is 4.39 Å². The first-order valence-electron chi connectivity index (χ1n) is 5.38. The molecule has 86 valence electrons. The zero-order valence-corrected chi connectivity index (χ0v) is 9.22. The maximum atomic E-state index is 12.9. The molecule has 1 aromatic carbocycles. The zero-order chi connectivity index (χ0) is 11.6. The summed E-state index contributed by atoms with van der Waals surface area (Å²) in [6.07, 6.45) is 0.897. The van der Waals surface area contributed by atoms with Gasteiger partial charge in [0.25, 0.3) is 5.91 Å². The van der Waals surface area contributed by atoms with Gasteiger partial charge >= 0.3 is 0 Å². The van der Waals surface area contributed by atoms with Crippen molar-refractivity contribution < 1.29 is 9.18 Å². The average Bonchev–Trinajstić information content (AvgIpc) is 2.65. The third kappa shape index (κ3) is 2.39. The average molecular weight is 222 g/mol. The van der Waals surface area contributed by atoms with Gasteiger partial charge in [0.15, 0.2) is 0 Å². The van der Waals surface area contributed by atoms with Crippen LogP contribution in [0.1, 0.15) is 23.7 Å². The van der Waals surface area contributed by atoms with Crippen molar-refractivity contribution >= 4 is 5.91 Å². The summed E-state index contributed by atoms with van der Waals surface area (Å²) in [5.41, 5.74) is 0.150. The highest BCUT2D eigenvalue weighted by Crippen LogP contribution is 2.14. The Labute approximate surface area is 94.0 Å². The molecule has 1 aliphatic heterocycles. The molecule has 0 spiro atoms. The topological polar surface area (TPSA) is 41.1 Å². The summed E-state index contributed by atoms with van der Waals surface area (Å²) in [6.45, 7) is 3.65. The smallest absolute Gasteiger partial charge is 0.251 e. The van der Waals surface area contributed by atoms with E-state index in [0.29, 0.717) is 5.56 Å². The maximum absolute atomic E-state index is 12.9. The van der Waals surface area contributed by atoms with Crippen LogP contribution in [0.3, 0.4) is 0 Å². The number of carbonyl (C=O) groups is 1. The minimum Gasteiger partial charge on any atom is -0.346 e. The maximum Gasteiger partial charge on any atom is 0.251 e. The van der Waals surface area contributed by atoms with E-state index in [1.807, 2.05) is 6.92 Å². The van der Waals surface area contributed by atoms with Gasteiger partial charge in [-0.1, -0.05) is 6.07 Å². The summed E-state index contributed by atoms with van der Waals surface area (Å²) in [7, 11) is 0. The fourth-order valence-electron chi connectivity index (χ4n) is 1.90. The van der Waals surface area contributed by atoms with Gasteiger partial charge in [-0.05, 0) is 38.1 Å². The molecule has 1 fully saturated rings. The summed E-state index contributed by atoms with van der Waals surface area (Å²) in [4.78, 5) is 11.9. The van der Waals surface area contributed by atoms with Crippen LogP contribution in [0, 0.1) is 5.82 Å². The van der Waals surface area contributed by atoms with E-state index in [1.165, 1.54) is 12.1 Å². The number of halogens is 1. The van der Waals surface area contributed by atoms with E-state index in [1.54, 1.807) is 12.1 Å². The fourth-order valence-corrected chi connectivity index (χ4v) is 1.90. The van der Waals surface area contributed by atoms with Crippen LogP contribution in [0.5, 0.6) is 0 Å². The van der Waals surface area contributed by atoms with Crippen LogP contribution < -0.4 is 10.6 Å². The highest BCUT2D eigenvalue weighted by molar-refractivity contribution is 5.94. The number of hydrogen-bond acceptors (Lipinski definition) is 2. The van der Waals surface area contributed by atoms with Crippen molar-refractivity contribution in [1.82, 2.24) is 10.6 Å². The summed E-state index contributed by atoms with van der Waals surface area (Å²) in [5, 5.41) is 6.12. The van der Waals surface area contributed by atoms with Gasteiger partial charge in [0, 0.05) is 12.1 Å². The van der Waals surface area contributed by atoms with Gasteiger partial charge in [-0.25, -0.2) is 4.39 Å². The predicted octanol–water partition coefficient (Wildman–Crippen LogP) is 1.31. The lowest BCUT2D eigenvalue weighted by atomic mass is 10.0. The van der Waals surface area contributed by atoms with Gasteiger partial charge < -0.3 is 10.6 Å². The third-order valence-corrected chi connectivity index (χ3v) is 2.87. The van der Waals surface area contributed by atoms with Crippen molar-refractivity contribution in [2.45, 2.75) is 18.9 Å². The molecule has 1 unspecified atom stereocenters.